The molecule has 6 nitrogen and oxygen atoms in total. The Hall–Kier alpha value is -1.14. The van der Waals surface area contributed by atoms with Crippen LogP contribution in [0.2, 0.25) is 0 Å². The quantitative estimate of drug-likeness (QED) is 0.380. The van der Waals surface area contributed by atoms with E-state index in [0.29, 0.717) is 13.0 Å². The van der Waals surface area contributed by atoms with Crippen LogP contribution in [0.15, 0.2) is 0 Å². The lowest BCUT2D eigenvalue weighted by molar-refractivity contribution is -0.128. The van der Waals surface area contributed by atoms with Crippen LogP contribution in [0.3, 0.4) is 0 Å². The van der Waals surface area contributed by atoms with E-state index in [-0.39, 0.29) is 18.4 Å². The van der Waals surface area contributed by atoms with E-state index in [4.69, 9.17) is 11.5 Å². The van der Waals surface area contributed by atoms with Gasteiger partial charge in [0.25, 0.3) is 0 Å². The van der Waals surface area contributed by atoms with Crippen LogP contribution in [-0.2, 0) is 9.59 Å². The molecule has 0 aromatic carbocycles. The SMILES string of the molecule is CNC(=O)[C@H](CCCCN)NC(=O)CN. The Morgan fingerprint density at radius 2 is 1.93 bits per heavy atom. The van der Waals surface area contributed by atoms with Gasteiger partial charge < -0.3 is 22.1 Å². The van der Waals surface area contributed by atoms with Crippen molar-refractivity contribution in [3.05, 3.63) is 0 Å². The Morgan fingerprint density at radius 1 is 1.27 bits per heavy atom. The third-order valence-electron chi connectivity index (χ3n) is 2.03. The van der Waals surface area contributed by atoms with Crippen molar-refractivity contribution in [2.75, 3.05) is 20.1 Å². The third-order valence-corrected chi connectivity index (χ3v) is 2.03. The summed E-state index contributed by atoms with van der Waals surface area (Å²) in [5, 5.41) is 5.06. The molecule has 2 amide bonds. The second-order valence-corrected chi connectivity index (χ2v) is 3.22. The summed E-state index contributed by atoms with van der Waals surface area (Å²) in [5.41, 5.74) is 10.5. The van der Waals surface area contributed by atoms with Crippen molar-refractivity contribution < 1.29 is 9.59 Å². The molecular weight excluding hydrogens is 196 g/mol. The van der Waals surface area contributed by atoms with Crippen LogP contribution in [0, 0.1) is 0 Å². The summed E-state index contributed by atoms with van der Waals surface area (Å²) >= 11 is 0. The van der Waals surface area contributed by atoms with Gasteiger partial charge in [0.05, 0.1) is 6.54 Å². The highest BCUT2D eigenvalue weighted by Crippen LogP contribution is 2.00. The van der Waals surface area contributed by atoms with Gasteiger partial charge in [-0.3, -0.25) is 9.59 Å². The minimum Gasteiger partial charge on any atom is -0.357 e. The number of nitrogens with two attached hydrogens (primary N) is 2. The molecule has 0 fully saturated rings. The number of rotatable bonds is 7. The van der Waals surface area contributed by atoms with Crippen molar-refractivity contribution in [2.24, 2.45) is 11.5 Å². The van der Waals surface area contributed by atoms with Crippen LogP contribution in [0.1, 0.15) is 19.3 Å². The Balaban J connectivity index is 4.06. The molecule has 6 heteroatoms. The number of carbonyl (C=O) groups is 2. The zero-order valence-corrected chi connectivity index (χ0v) is 9.08. The second kappa shape index (κ2) is 8.19. The number of hydrogen-bond donors (Lipinski definition) is 4. The number of carbonyl (C=O) groups excluding carboxylic acids is 2. The molecule has 0 bridgehead atoms. The predicted octanol–water partition coefficient (Wildman–Crippen LogP) is -1.70. The largest absolute Gasteiger partial charge is 0.357 e. The smallest absolute Gasteiger partial charge is 0.242 e. The number of hydrogen-bond acceptors (Lipinski definition) is 4. The van der Waals surface area contributed by atoms with Crippen molar-refractivity contribution in [1.82, 2.24) is 10.6 Å². The monoisotopic (exact) mass is 216 g/mol. The summed E-state index contributed by atoms with van der Waals surface area (Å²) < 4.78 is 0. The average molecular weight is 216 g/mol. The summed E-state index contributed by atoms with van der Waals surface area (Å²) in [4.78, 5) is 22.4. The van der Waals surface area contributed by atoms with Gasteiger partial charge in [-0.15, -0.1) is 0 Å². The van der Waals surface area contributed by atoms with Crippen LogP contribution >= 0.6 is 0 Å². The lowest BCUT2D eigenvalue weighted by Crippen LogP contribution is -2.47. The zero-order valence-electron chi connectivity index (χ0n) is 9.08. The first kappa shape index (κ1) is 13.9. The summed E-state index contributed by atoms with van der Waals surface area (Å²) in [5.74, 6) is -0.523. The Morgan fingerprint density at radius 3 is 2.40 bits per heavy atom. The van der Waals surface area contributed by atoms with Crippen LogP contribution in [0.4, 0.5) is 0 Å². The van der Waals surface area contributed by atoms with Gasteiger partial charge in [0, 0.05) is 7.05 Å². The fourth-order valence-corrected chi connectivity index (χ4v) is 1.19. The molecule has 0 aromatic rings. The van der Waals surface area contributed by atoms with Crippen LogP contribution < -0.4 is 22.1 Å². The number of likely N-dealkylation sites (N-methyl/N-ethyl adjacent to an activating group) is 1. The van der Waals surface area contributed by atoms with Gasteiger partial charge in [-0.2, -0.15) is 0 Å². The molecule has 0 spiro atoms. The average Bonchev–Trinajstić information content (AvgIpc) is 2.26. The molecule has 0 aliphatic heterocycles. The molecule has 0 heterocycles. The first-order valence-corrected chi connectivity index (χ1v) is 5.06. The molecule has 15 heavy (non-hydrogen) atoms. The summed E-state index contributed by atoms with van der Waals surface area (Å²) in [7, 11) is 1.53. The van der Waals surface area contributed by atoms with Gasteiger partial charge >= 0.3 is 0 Å². The Bertz CT molecular complexity index is 208. The van der Waals surface area contributed by atoms with Crippen molar-refractivity contribution in [1.29, 1.82) is 0 Å². The first-order valence-electron chi connectivity index (χ1n) is 5.06. The predicted molar refractivity (Wildman–Crippen MR) is 58.0 cm³/mol. The number of nitrogens with one attached hydrogen (secondary N) is 2. The standard InChI is InChI=1S/C9H20N4O2/c1-12-9(15)7(4-2-3-5-10)13-8(14)6-11/h7H,2-6,10-11H2,1H3,(H,12,15)(H,13,14)/t7-/m0/s1. The van der Waals surface area contributed by atoms with Crippen LogP contribution in [0.5, 0.6) is 0 Å². The lowest BCUT2D eigenvalue weighted by atomic mass is 10.1. The molecule has 0 aromatic heterocycles. The minimum absolute atomic E-state index is 0.107. The van der Waals surface area contributed by atoms with Gasteiger partial charge in [0.2, 0.25) is 11.8 Å². The Labute approximate surface area is 89.8 Å². The van der Waals surface area contributed by atoms with Crippen molar-refractivity contribution >= 4 is 11.8 Å². The maximum Gasteiger partial charge on any atom is 0.242 e. The normalized spacial score (nSPS) is 11.9. The molecule has 0 saturated carbocycles. The molecule has 0 radical (unpaired) electrons. The molecule has 88 valence electrons. The molecule has 0 saturated heterocycles. The fraction of sp³-hybridized carbons (Fsp3) is 0.778. The maximum atomic E-state index is 11.4. The highest BCUT2D eigenvalue weighted by atomic mass is 16.2. The summed E-state index contributed by atoms with van der Waals surface area (Å²) in [6, 6.07) is -0.502. The molecule has 0 aliphatic rings. The molecule has 0 unspecified atom stereocenters. The Kier molecular flexibility index (Phi) is 7.57. The van der Waals surface area contributed by atoms with Gasteiger partial charge in [-0.05, 0) is 25.8 Å². The minimum atomic E-state index is -0.502. The van der Waals surface area contributed by atoms with E-state index in [1.165, 1.54) is 7.05 Å². The van der Waals surface area contributed by atoms with Gasteiger partial charge in [-0.1, -0.05) is 0 Å². The molecular formula is C9H20N4O2. The number of unbranched alkanes of at least 4 members (excludes halogenated alkanes) is 1. The van der Waals surface area contributed by atoms with Gasteiger partial charge in [0.1, 0.15) is 6.04 Å². The van der Waals surface area contributed by atoms with Crippen LogP contribution in [0.25, 0.3) is 0 Å². The topological polar surface area (TPSA) is 110 Å². The maximum absolute atomic E-state index is 11.4. The fourth-order valence-electron chi connectivity index (χ4n) is 1.19. The molecule has 0 aliphatic carbocycles. The summed E-state index contributed by atoms with van der Waals surface area (Å²) in [6.45, 7) is 0.482. The van der Waals surface area contributed by atoms with Gasteiger partial charge in [0.15, 0.2) is 0 Å². The van der Waals surface area contributed by atoms with E-state index in [1.807, 2.05) is 0 Å². The van der Waals surface area contributed by atoms with Crippen molar-refractivity contribution in [3.63, 3.8) is 0 Å². The van der Waals surface area contributed by atoms with E-state index in [1.54, 1.807) is 0 Å². The third kappa shape index (κ3) is 6.03. The second-order valence-electron chi connectivity index (χ2n) is 3.22. The highest BCUT2D eigenvalue weighted by molar-refractivity contribution is 5.87. The van der Waals surface area contributed by atoms with E-state index >= 15 is 0 Å². The van der Waals surface area contributed by atoms with E-state index in [2.05, 4.69) is 10.6 Å². The molecule has 0 rings (SSSR count). The van der Waals surface area contributed by atoms with E-state index < -0.39 is 6.04 Å². The van der Waals surface area contributed by atoms with Crippen molar-refractivity contribution in [3.8, 4) is 0 Å². The van der Waals surface area contributed by atoms with Crippen molar-refractivity contribution in [2.45, 2.75) is 25.3 Å². The van der Waals surface area contributed by atoms with E-state index in [9.17, 15) is 9.59 Å². The summed E-state index contributed by atoms with van der Waals surface area (Å²) in [6.07, 6.45) is 2.23. The zero-order chi connectivity index (χ0) is 11.7. The first-order chi connectivity index (χ1) is 7.15. The van der Waals surface area contributed by atoms with E-state index in [0.717, 1.165) is 12.8 Å². The van der Waals surface area contributed by atoms with Gasteiger partial charge in [-0.25, -0.2) is 0 Å². The molecule has 6 N–H and O–H groups in total. The highest BCUT2D eigenvalue weighted by Gasteiger charge is 2.17. The van der Waals surface area contributed by atoms with Crippen LogP contribution in [-0.4, -0.2) is 38.0 Å². The molecule has 1 atom stereocenters. The lowest BCUT2D eigenvalue weighted by Gasteiger charge is -2.16. The number of amides is 2.